The Bertz CT molecular complexity index is 1630. The van der Waals surface area contributed by atoms with E-state index >= 15 is 0 Å². The van der Waals surface area contributed by atoms with Crippen molar-refractivity contribution in [3.8, 4) is 22.4 Å². The topological polar surface area (TPSA) is 21.4 Å². The molecule has 0 spiro atoms. The molecule has 0 amide bonds. The number of hydrogen-bond donors (Lipinski definition) is 0. The van der Waals surface area contributed by atoms with E-state index in [1.807, 2.05) is 55.5 Å². The van der Waals surface area contributed by atoms with Gasteiger partial charge in [-0.15, -0.1) is 0 Å². The Labute approximate surface area is 184 Å². The van der Waals surface area contributed by atoms with Crippen molar-refractivity contribution in [2.45, 2.75) is 13.8 Å². The maximum atomic E-state index is 15.0. The Kier molecular flexibility index (Phi) is 3.61. The number of aromatic nitrogens is 1. The molecule has 31 heavy (non-hydrogen) atoms. The van der Waals surface area contributed by atoms with Crippen LogP contribution in [0.3, 0.4) is 0 Å². The average Bonchev–Trinajstić information content (AvgIpc) is 3.19. The number of pyridine rings is 1. The Morgan fingerprint density at radius 3 is 2.58 bits per heavy atom. The van der Waals surface area contributed by atoms with E-state index in [2.05, 4.69) is 4.85 Å². The van der Waals surface area contributed by atoms with Crippen molar-refractivity contribution in [3.05, 3.63) is 95.2 Å². The maximum absolute atomic E-state index is 15.0. The van der Waals surface area contributed by atoms with E-state index in [1.165, 1.54) is 12.3 Å². The summed E-state index contributed by atoms with van der Waals surface area (Å²) in [6, 6.07) is 18.6. The molecule has 2 aromatic heterocycles. The molecule has 4 heteroatoms. The number of aryl methyl sites for hydroxylation is 3. The molecule has 0 unspecified atom stereocenters. The lowest BCUT2D eigenvalue weighted by Crippen LogP contribution is -2.31. The van der Waals surface area contributed by atoms with E-state index in [0.717, 1.165) is 27.5 Å². The van der Waals surface area contributed by atoms with Gasteiger partial charge in [-0.05, 0) is 36.5 Å². The molecule has 0 saturated heterocycles. The van der Waals surface area contributed by atoms with Gasteiger partial charge >= 0.3 is 0 Å². The number of para-hydroxylation sites is 1. The van der Waals surface area contributed by atoms with Crippen LogP contribution in [0.5, 0.6) is 0 Å². The lowest BCUT2D eigenvalue weighted by molar-refractivity contribution is -0.661. The summed E-state index contributed by atoms with van der Waals surface area (Å²) >= 11 is 0. The summed E-state index contributed by atoms with van der Waals surface area (Å²) in [7, 11) is 1.69. The Balaban J connectivity index is 1.93. The second kappa shape index (κ2) is 7.07. The van der Waals surface area contributed by atoms with Crippen LogP contribution >= 0.6 is 0 Å². The van der Waals surface area contributed by atoms with E-state index in [1.54, 1.807) is 17.7 Å². The number of halogens is 1. The fraction of sp³-hybridized carbons (Fsp3) is 0.111. The van der Waals surface area contributed by atoms with Gasteiger partial charge in [-0.1, -0.05) is 48.5 Å². The summed E-state index contributed by atoms with van der Waals surface area (Å²) in [4.78, 5) is 3.62. The average molecular weight is 410 g/mol. The summed E-state index contributed by atoms with van der Waals surface area (Å²) in [6.07, 6.45) is 1.31. The van der Waals surface area contributed by atoms with Crippen molar-refractivity contribution in [1.82, 2.24) is 0 Å². The first-order valence-corrected chi connectivity index (χ1v) is 9.82. The molecule has 0 atom stereocenters. The predicted octanol–water partition coefficient (Wildman–Crippen LogP) is 7.05. The minimum Gasteiger partial charge on any atom is -0.466 e. The van der Waals surface area contributed by atoms with Gasteiger partial charge in [-0.2, -0.15) is 0 Å². The third kappa shape index (κ3) is 2.90. The van der Waals surface area contributed by atoms with E-state index in [4.69, 9.17) is 15.1 Å². The highest BCUT2D eigenvalue weighted by Crippen LogP contribution is 2.45. The van der Waals surface area contributed by atoms with Crippen LogP contribution in [0.25, 0.3) is 49.2 Å². The molecule has 0 fully saturated rings. The molecule has 0 N–H and O–H groups in total. The van der Waals surface area contributed by atoms with Gasteiger partial charge in [0.05, 0.1) is 12.1 Å². The number of nitrogens with zero attached hydrogens (tertiary/aromatic N) is 2. The van der Waals surface area contributed by atoms with Gasteiger partial charge < -0.3 is 4.42 Å². The number of rotatable bonds is 2. The van der Waals surface area contributed by atoms with E-state index in [9.17, 15) is 4.39 Å². The molecule has 0 aliphatic carbocycles. The monoisotopic (exact) mass is 410 g/mol. The first kappa shape index (κ1) is 15.8. The SMILES string of the molecule is [2H]C([2H])([2H])c1c[n+](C)c(-c2c(C)cc(-c3ccccc3)c3c2oc2c([N+]#[C-])cccc23)cc1F. The van der Waals surface area contributed by atoms with Gasteiger partial charge in [0.1, 0.15) is 24.0 Å². The zero-order valence-corrected chi connectivity index (χ0v) is 17.0. The number of fused-ring (bicyclic) bond motifs is 3. The van der Waals surface area contributed by atoms with Crippen LogP contribution in [0.1, 0.15) is 15.2 Å². The molecule has 5 rings (SSSR count). The molecule has 0 aliphatic heterocycles. The molecule has 3 aromatic carbocycles. The molecule has 2 heterocycles. The van der Waals surface area contributed by atoms with Crippen LogP contribution in [0, 0.1) is 26.2 Å². The molecule has 150 valence electrons. The molecule has 0 bridgehead atoms. The lowest BCUT2D eigenvalue weighted by Gasteiger charge is -2.11. The number of hydrogen-bond acceptors (Lipinski definition) is 1. The summed E-state index contributed by atoms with van der Waals surface area (Å²) in [6.45, 7) is 6.93. The van der Waals surface area contributed by atoms with Crippen LogP contribution in [0.15, 0.2) is 71.3 Å². The van der Waals surface area contributed by atoms with Crippen LogP contribution in [0.4, 0.5) is 10.1 Å². The highest BCUT2D eigenvalue weighted by molar-refractivity contribution is 6.18. The third-order valence-electron chi connectivity index (χ3n) is 5.63. The van der Waals surface area contributed by atoms with Gasteiger partial charge in [0.25, 0.3) is 0 Å². The van der Waals surface area contributed by atoms with E-state index in [0.29, 0.717) is 28.1 Å². The Morgan fingerprint density at radius 2 is 1.84 bits per heavy atom. The van der Waals surface area contributed by atoms with Gasteiger partial charge in [0.2, 0.25) is 11.4 Å². The normalized spacial score (nSPS) is 13.0. The van der Waals surface area contributed by atoms with Gasteiger partial charge in [0, 0.05) is 26.5 Å². The molecular formula is C27H20FN2O+. The number of furan rings is 1. The standard InChI is InChI=1S/C27H20FN2O/c1-16-13-20(18-9-6-5-7-10-18)25-19-11-8-12-22(29-3)26(19)31-27(25)24(16)23-14-21(28)17(2)15-30(23)4/h5-15H,1-2,4H3/q+1/i2D3. The zero-order valence-electron chi connectivity index (χ0n) is 20.0. The van der Waals surface area contributed by atoms with Crippen molar-refractivity contribution in [2.24, 2.45) is 7.05 Å². The maximum Gasteiger partial charge on any atom is 0.229 e. The summed E-state index contributed by atoms with van der Waals surface area (Å²) in [5.41, 5.74) is 4.97. The summed E-state index contributed by atoms with van der Waals surface area (Å²) < 4.78 is 45.8. The van der Waals surface area contributed by atoms with Crippen LogP contribution < -0.4 is 4.57 Å². The minimum atomic E-state index is -2.56. The summed E-state index contributed by atoms with van der Waals surface area (Å²) in [5.74, 6) is -0.800. The Hall–Kier alpha value is -3.97. The van der Waals surface area contributed by atoms with Gasteiger partial charge in [0.15, 0.2) is 6.20 Å². The predicted molar refractivity (Wildman–Crippen MR) is 121 cm³/mol. The molecule has 0 radical (unpaired) electrons. The molecular weight excluding hydrogens is 387 g/mol. The van der Waals surface area contributed by atoms with E-state index < -0.39 is 12.7 Å². The lowest BCUT2D eigenvalue weighted by atomic mass is 9.92. The highest BCUT2D eigenvalue weighted by atomic mass is 19.1. The fourth-order valence-corrected chi connectivity index (χ4v) is 4.21. The molecule has 0 saturated carbocycles. The van der Waals surface area contributed by atoms with Crippen molar-refractivity contribution < 1.29 is 17.5 Å². The van der Waals surface area contributed by atoms with Gasteiger partial charge in [-0.3, -0.25) is 0 Å². The first-order valence-electron chi connectivity index (χ1n) is 11.3. The fourth-order valence-electron chi connectivity index (χ4n) is 4.21. The smallest absolute Gasteiger partial charge is 0.229 e. The summed E-state index contributed by atoms with van der Waals surface area (Å²) in [5, 5.41) is 1.62. The third-order valence-corrected chi connectivity index (χ3v) is 5.63. The van der Waals surface area contributed by atoms with E-state index in [-0.39, 0.29) is 5.56 Å². The van der Waals surface area contributed by atoms with Crippen LogP contribution in [0.2, 0.25) is 0 Å². The van der Waals surface area contributed by atoms with Crippen molar-refractivity contribution in [2.75, 3.05) is 0 Å². The second-order valence-electron chi connectivity index (χ2n) is 7.59. The number of benzene rings is 3. The van der Waals surface area contributed by atoms with Crippen LogP contribution in [-0.2, 0) is 7.05 Å². The minimum absolute atomic E-state index is 0.339. The molecule has 0 aliphatic rings. The van der Waals surface area contributed by atoms with Crippen molar-refractivity contribution in [3.63, 3.8) is 0 Å². The highest BCUT2D eigenvalue weighted by Gasteiger charge is 2.25. The largest absolute Gasteiger partial charge is 0.466 e. The molecule has 3 nitrogen and oxygen atoms in total. The Morgan fingerprint density at radius 1 is 1.03 bits per heavy atom. The van der Waals surface area contributed by atoms with Gasteiger partial charge in [-0.25, -0.2) is 13.8 Å². The van der Waals surface area contributed by atoms with Crippen molar-refractivity contribution >= 4 is 27.6 Å². The van der Waals surface area contributed by atoms with Crippen LogP contribution in [-0.4, -0.2) is 0 Å². The quantitative estimate of drug-likeness (QED) is 0.226. The van der Waals surface area contributed by atoms with Crippen molar-refractivity contribution in [1.29, 1.82) is 0 Å². The zero-order chi connectivity index (χ0) is 24.2. The first-order chi connectivity index (χ1) is 16.2. The second-order valence-corrected chi connectivity index (χ2v) is 7.59. The molecule has 5 aromatic rings.